The van der Waals surface area contributed by atoms with Crippen molar-refractivity contribution in [1.29, 1.82) is 0 Å². The Morgan fingerprint density at radius 3 is 2.25 bits per heavy atom. The van der Waals surface area contributed by atoms with Gasteiger partial charge in [-0.1, -0.05) is 40.7 Å². The minimum Gasteiger partial charge on any atom is -0.492 e. The Morgan fingerprint density at radius 2 is 1.68 bits per heavy atom. The zero-order valence-corrected chi connectivity index (χ0v) is 28.0. The molecule has 44 heavy (non-hydrogen) atoms. The summed E-state index contributed by atoms with van der Waals surface area (Å²) < 4.78 is 32.2. The van der Waals surface area contributed by atoms with Crippen LogP contribution in [0.1, 0.15) is 56.1 Å². The minimum absolute atomic E-state index is 0.143. The molecule has 242 valence electrons. The first-order valence-electron chi connectivity index (χ1n) is 14.1. The van der Waals surface area contributed by atoms with Crippen molar-refractivity contribution in [3.8, 4) is 5.75 Å². The number of nitrogens with two attached hydrogens (primary N) is 1. The third kappa shape index (κ3) is 8.55. The van der Waals surface area contributed by atoms with E-state index in [1.807, 2.05) is 41.8 Å². The Morgan fingerprint density at radius 1 is 1.05 bits per heavy atom. The molecule has 0 saturated heterocycles. The molecular weight excluding hydrogens is 584 g/mol. The molecule has 7 N–H and O–H groups in total. The van der Waals surface area contributed by atoms with Crippen molar-refractivity contribution in [2.45, 2.75) is 47.0 Å². The quantitative estimate of drug-likeness (QED) is 0.217. The number of ether oxygens (including phenoxy) is 1. The molecule has 0 aromatic heterocycles. The smallest absolute Gasteiger partial charge is 0.272 e. The van der Waals surface area contributed by atoms with Crippen molar-refractivity contribution >= 4 is 38.9 Å². The van der Waals surface area contributed by atoms with Gasteiger partial charge in [-0.25, -0.2) is 13.4 Å². The number of hydrazine groups is 2. The Bertz CT molecular complexity index is 1560. The summed E-state index contributed by atoms with van der Waals surface area (Å²) >= 11 is 0. The van der Waals surface area contributed by atoms with Crippen molar-refractivity contribution < 1.29 is 22.7 Å². The van der Waals surface area contributed by atoms with Gasteiger partial charge in [-0.3, -0.25) is 19.7 Å². The van der Waals surface area contributed by atoms with Gasteiger partial charge >= 0.3 is 0 Å². The largest absolute Gasteiger partial charge is 0.492 e. The number of rotatable bonds is 11. The van der Waals surface area contributed by atoms with Gasteiger partial charge in [0.05, 0.1) is 30.4 Å². The molecular formula is C30H46N8O5S. The number of amides is 2. The van der Waals surface area contributed by atoms with Crippen LogP contribution in [0.15, 0.2) is 41.8 Å². The Labute approximate surface area is 260 Å². The van der Waals surface area contributed by atoms with E-state index in [9.17, 15) is 18.0 Å². The monoisotopic (exact) mass is 630 g/mol. The lowest BCUT2D eigenvalue weighted by Crippen LogP contribution is -2.43. The highest BCUT2D eigenvalue weighted by molar-refractivity contribution is 7.92. The average molecular weight is 631 g/mol. The van der Waals surface area contributed by atoms with Gasteiger partial charge in [0.25, 0.3) is 11.8 Å². The Kier molecular flexibility index (Phi) is 10.1. The van der Waals surface area contributed by atoms with Gasteiger partial charge in [0.15, 0.2) is 17.3 Å². The maximum atomic E-state index is 13.6. The van der Waals surface area contributed by atoms with E-state index >= 15 is 0 Å². The number of nitrogens with zero attached hydrogens (tertiary/aromatic N) is 2. The molecule has 0 aliphatic carbocycles. The molecule has 0 radical (unpaired) electrons. The standard InChI is InChI=1S/C30H46N8O5S/c1-18-11-12-19(13-23(18)38-26(31)24(34-36-38)28(40)32-16-30(5,6)17-37(7)8)27(39)33-21-14-20(29(2,3)4)15-22(25(21)43-9)35-44(10,41)42/h11-15,34-36H,16-17,31H2,1-10H3,(H,32,40)(H,33,39). The molecule has 1 heterocycles. The second-order valence-corrected chi connectivity index (χ2v) is 14.8. The maximum absolute atomic E-state index is 13.6. The van der Waals surface area contributed by atoms with Crippen LogP contribution in [0.25, 0.3) is 0 Å². The molecule has 2 amide bonds. The van der Waals surface area contributed by atoms with E-state index in [0.29, 0.717) is 23.5 Å². The van der Waals surface area contributed by atoms with Gasteiger partial charge < -0.3 is 26.0 Å². The summed E-state index contributed by atoms with van der Waals surface area (Å²) in [6.45, 7) is 13.1. The van der Waals surface area contributed by atoms with E-state index in [1.54, 1.807) is 30.3 Å². The van der Waals surface area contributed by atoms with E-state index in [4.69, 9.17) is 10.5 Å². The number of hydrogen-bond acceptors (Lipinski definition) is 10. The summed E-state index contributed by atoms with van der Waals surface area (Å²) in [4.78, 5) is 28.6. The average Bonchev–Trinajstić information content (AvgIpc) is 3.26. The van der Waals surface area contributed by atoms with E-state index in [0.717, 1.165) is 23.9 Å². The van der Waals surface area contributed by atoms with Gasteiger partial charge in [0, 0.05) is 18.7 Å². The molecule has 14 heteroatoms. The number of nitrogens with one attached hydrogen (secondary N) is 5. The first-order valence-corrected chi connectivity index (χ1v) is 16.0. The summed E-state index contributed by atoms with van der Waals surface area (Å²) in [5, 5.41) is 7.31. The number of methoxy groups -OCH3 is 1. The fourth-order valence-electron chi connectivity index (χ4n) is 4.87. The van der Waals surface area contributed by atoms with Crippen molar-refractivity contribution in [2.24, 2.45) is 11.1 Å². The first kappa shape index (κ1) is 34.5. The van der Waals surface area contributed by atoms with Crippen LogP contribution in [0, 0.1) is 12.3 Å². The highest BCUT2D eigenvalue weighted by Crippen LogP contribution is 2.39. The molecule has 2 aromatic carbocycles. The summed E-state index contributed by atoms with van der Waals surface area (Å²) in [5.74, 6) is -0.507. The van der Waals surface area contributed by atoms with Crippen LogP contribution >= 0.6 is 0 Å². The predicted molar refractivity (Wildman–Crippen MR) is 175 cm³/mol. The Hall–Kier alpha value is -4.01. The zero-order valence-electron chi connectivity index (χ0n) is 27.2. The lowest BCUT2D eigenvalue weighted by atomic mass is 9.86. The number of benzene rings is 2. The number of aryl methyl sites for hydroxylation is 1. The highest BCUT2D eigenvalue weighted by atomic mass is 32.2. The van der Waals surface area contributed by atoms with Crippen molar-refractivity contribution in [2.75, 3.05) is 55.6 Å². The van der Waals surface area contributed by atoms with Crippen LogP contribution in [0.5, 0.6) is 5.75 Å². The minimum atomic E-state index is -3.63. The summed E-state index contributed by atoms with van der Waals surface area (Å²) in [6, 6.07) is 8.52. The van der Waals surface area contributed by atoms with Gasteiger partial charge in [-0.2, -0.15) is 0 Å². The molecule has 1 aliphatic rings. The van der Waals surface area contributed by atoms with Gasteiger partial charge in [0.1, 0.15) is 0 Å². The predicted octanol–water partition coefficient (Wildman–Crippen LogP) is 2.59. The van der Waals surface area contributed by atoms with Crippen LogP contribution < -0.4 is 41.8 Å². The van der Waals surface area contributed by atoms with Gasteiger partial charge in [-0.15, -0.1) is 5.53 Å². The van der Waals surface area contributed by atoms with E-state index in [-0.39, 0.29) is 39.7 Å². The molecule has 1 aliphatic heterocycles. The third-order valence-electron chi connectivity index (χ3n) is 6.90. The van der Waals surface area contributed by atoms with Gasteiger partial charge in [-0.05, 0) is 67.2 Å². The summed E-state index contributed by atoms with van der Waals surface area (Å²) in [6.07, 6.45) is 1.05. The number of carbonyl (C=O) groups excluding carboxylic acids is 2. The van der Waals surface area contributed by atoms with Crippen LogP contribution in [-0.2, 0) is 20.2 Å². The van der Waals surface area contributed by atoms with Crippen LogP contribution in [0.2, 0.25) is 0 Å². The topological polar surface area (TPSA) is 170 Å². The van der Waals surface area contributed by atoms with E-state index in [2.05, 4.69) is 45.1 Å². The highest BCUT2D eigenvalue weighted by Gasteiger charge is 2.29. The maximum Gasteiger partial charge on any atom is 0.272 e. The molecule has 3 rings (SSSR count). The summed E-state index contributed by atoms with van der Waals surface area (Å²) in [5.41, 5.74) is 14.7. The third-order valence-corrected chi connectivity index (χ3v) is 7.49. The fraction of sp³-hybridized carbons (Fsp3) is 0.467. The molecule has 0 spiro atoms. The van der Waals surface area contributed by atoms with Crippen molar-refractivity contribution in [3.05, 3.63) is 58.5 Å². The zero-order chi connectivity index (χ0) is 33.2. The summed E-state index contributed by atoms with van der Waals surface area (Å²) in [7, 11) is 1.73. The number of carbonyl (C=O) groups is 2. The van der Waals surface area contributed by atoms with Crippen LogP contribution in [-0.4, -0.2) is 65.7 Å². The van der Waals surface area contributed by atoms with Crippen LogP contribution in [0.4, 0.5) is 17.1 Å². The number of anilines is 3. The normalized spacial score (nSPS) is 14.0. The lowest BCUT2D eigenvalue weighted by molar-refractivity contribution is -0.118. The molecule has 0 unspecified atom stereocenters. The van der Waals surface area contributed by atoms with E-state index in [1.165, 1.54) is 12.1 Å². The van der Waals surface area contributed by atoms with Gasteiger partial charge in [0.2, 0.25) is 10.0 Å². The Balaban J connectivity index is 1.91. The fourth-order valence-corrected chi connectivity index (χ4v) is 5.42. The van der Waals surface area contributed by atoms with Crippen molar-refractivity contribution in [3.63, 3.8) is 0 Å². The second-order valence-electron chi connectivity index (χ2n) is 13.1. The second kappa shape index (κ2) is 12.9. The van der Waals surface area contributed by atoms with Crippen molar-refractivity contribution in [1.82, 2.24) is 21.2 Å². The molecule has 0 bridgehead atoms. The molecule has 0 fully saturated rings. The molecule has 0 atom stereocenters. The molecule has 2 aromatic rings. The lowest BCUT2D eigenvalue weighted by Gasteiger charge is -2.28. The SMILES string of the molecule is COc1c(NC(=O)c2ccc(C)c(N3NNC(C(=O)NCC(C)(C)CN(C)C)=C3N)c2)cc(C(C)(C)C)cc1NS(C)(=O)=O. The number of sulfonamides is 1. The van der Waals surface area contributed by atoms with Crippen LogP contribution in [0.3, 0.4) is 0 Å². The van der Waals surface area contributed by atoms with E-state index < -0.39 is 15.9 Å². The molecule has 0 saturated carbocycles. The molecule has 13 nitrogen and oxygen atoms in total. The first-order chi connectivity index (χ1) is 20.2. The number of hydrogen-bond donors (Lipinski definition) is 6.